The average molecular weight is 330 g/mol. The first-order valence-electron chi connectivity index (χ1n) is 8.59. The van der Waals surface area contributed by atoms with Gasteiger partial charge in [-0.2, -0.15) is 0 Å². The number of likely N-dealkylation sites (tertiary alicyclic amines) is 1. The molecule has 3 saturated heterocycles. The van der Waals surface area contributed by atoms with Crippen molar-refractivity contribution in [3.8, 4) is 0 Å². The lowest BCUT2D eigenvalue weighted by atomic mass is 10.0. The monoisotopic (exact) mass is 330 g/mol. The molecular weight excluding hydrogens is 308 g/mol. The van der Waals surface area contributed by atoms with Gasteiger partial charge in [-0.3, -0.25) is 9.59 Å². The minimum absolute atomic E-state index is 0.00739. The normalized spacial score (nSPS) is 28.1. The number of ether oxygens (including phenoxy) is 2. The molecule has 3 fully saturated rings. The highest BCUT2D eigenvalue weighted by atomic mass is 16.5. The second kappa shape index (κ2) is 6.53. The van der Waals surface area contributed by atoms with Crippen molar-refractivity contribution in [2.24, 2.45) is 0 Å². The van der Waals surface area contributed by atoms with Gasteiger partial charge in [-0.15, -0.1) is 0 Å². The molecule has 3 aliphatic rings. The molecule has 0 aromatic heterocycles. The van der Waals surface area contributed by atoms with Crippen LogP contribution in [-0.2, 0) is 14.3 Å². The van der Waals surface area contributed by atoms with E-state index in [2.05, 4.69) is 0 Å². The van der Waals surface area contributed by atoms with Crippen LogP contribution >= 0.6 is 0 Å². The van der Waals surface area contributed by atoms with Crippen molar-refractivity contribution in [2.45, 2.75) is 31.0 Å². The number of nitrogens with zero attached hydrogens (tertiary/aromatic N) is 2. The summed E-state index contributed by atoms with van der Waals surface area (Å²) in [6.07, 6.45) is 1.64. The Labute approximate surface area is 141 Å². The Kier molecular flexibility index (Phi) is 4.24. The summed E-state index contributed by atoms with van der Waals surface area (Å²) >= 11 is 0. The van der Waals surface area contributed by atoms with Crippen LogP contribution in [-0.4, -0.2) is 72.7 Å². The molecule has 24 heavy (non-hydrogen) atoms. The zero-order chi connectivity index (χ0) is 16.5. The zero-order valence-electron chi connectivity index (χ0n) is 13.6. The van der Waals surface area contributed by atoms with E-state index < -0.39 is 0 Å². The van der Waals surface area contributed by atoms with E-state index in [4.69, 9.17) is 9.47 Å². The second-order valence-electron chi connectivity index (χ2n) is 6.64. The van der Waals surface area contributed by atoms with Crippen molar-refractivity contribution in [3.63, 3.8) is 0 Å². The lowest BCUT2D eigenvalue weighted by Gasteiger charge is -2.43. The average Bonchev–Trinajstić information content (AvgIpc) is 3.06. The van der Waals surface area contributed by atoms with Crippen molar-refractivity contribution in [1.29, 1.82) is 0 Å². The minimum atomic E-state index is -0.0850. The third kappa shape index (κ3) is 2.80. The van der Waals surface area contributed by atoms with Crippen LogP contribution in [0.5, 0.6) is 0 Å². The van der Waals surface area contributed by atoms with Gasteiger partial charge in [0.1, 0.15) is 6.61 Å². The van der Waals surface area contributed by atoms with Gasteiger partial charge < -0.3 is 19.3 Å². The highest BCUT2D eigenvalue weighted by Crippen LogP contribution is 2.29. The van der Waals surface area contributed by atoms with Crippen LogP contribution in [0, 0.1) is 0 Å². The molecule has 3 aliphatic heterocycles. The van der Waals surface area contributed by atoms with Crippen LogP contribution in [0.3, 0.4) is 0 Å². The van der Waals surface area contributed by atoms with E-state index in [0.717, 1.165) is 12.8 Å². The highest BCUT2D eigenvalue weighted by Gasteiger charge is 2.47. The third-order valence-corrected chi connectivity index (χ3v) is 5.20. The van der Waals surface area contributed by atoms with Crippen LogP contribution in [0.25, 0.3) is 0 Å². The first-order chi connectivity index (χ1) is 11.7. The Morgan fingerprint density at radius 3 is 2.58 bits per heavy atom. The predicted octanol–water partition coefficient (Wildman–Crippen LogP) is 0.917. The van der Waals surface area contributed by atoms with Crippen LogP contribution in [0.1, 0.15) is 23.2 Å². The molecule has 1 aromatic rings. The number of hydrogen-bond donors (Lipinski definition) is 0. The van der Waals surface area contributed by atoms with Crippen LogP contribution in [0.2, 0.25) is 0 Å². The van der Waals surface area contributed by atoms with Gasteiger partial charge in [0.05, 0.1) is 12.1 Å². The number of hydrogen-bond acceptors (Lipinski definition) is 4. The van der Waals surface area contributed by atoms with Gasteiger partial charge in [-0.25, -0.2) is 0 Å². The quantitative estimate of drug-likeness (QED) is 0.809. The summed E-state index contributed by atoms with van der Waals surface area (Å²) < 4.78 is 11.2. The molecule has 0 bridgehead atoms. The van der Waals surface area contributed by atoms with Gasteiger partial charge in [0, 0.05) is 37.9 Å². The van der Waals surface area contributed by atoms with E-state index in [1.165, 1.54) is 0 Å². The molecule has 128 valence electrons. The fraction of sp³-hybridized carbons (Fsp3) is 0.556. The Hall–Kier alpha value is -1.92. The standard InChI is InChI=1S/C18H22N2O4/c21-17-12-24-16-11-19(18(22)13-4-2-1-3-5-13)10-15(16)20(17)14-6-8-23-9-7-14/h1-5,14-16H,6-12H2/t15-,16-/m0/s1. The van der Waals surface area contributed by atoms with Gasteiger partial charge in [0.25, 0.3) is 5.91 Å². The van der Waals surface area contributed by atoms with Crippen molar-refractivity contribution in [2.75, 3.05) is 32.9 Å². The summed E-state index contributed by atoms with van der Waals surface area (Å²) in [7, 11) is 0. The molecule has 4 rings (SSSR count). The maximum absolute atomic E-state index is 12.7. The summed E-state index contributed by atoms with van der Waals surface area (Å²) in [5, 5.41) is 0. The molecule has 6 heteroatoms. The maximum atomic E-state index is 12.7. The lowest BCUT2D eigenvalue weighted by molar-refractivity contribution is -0.159. The van der Waals surface area contributed by atoms with E-state index in [9.17, 15) is 9.59 Å². The largest absolute Gasteiger partial charge is 0.381 e. The molecule has 0 aliphatic carbocycles. The minimum Gasteiger partial charge on any atom is -0.381 e. The molecule has 2 atom stereocenters. The summed E-state index contributed by atoms with van der Waals surface area (Å²) in [6.45, 7) is 2.59. The molecule has 0 unspecified atom stereocenters. The molecular formula is C18H22N2O4. The van der Waals surface area contributed by atoms with Crippen LogP contribution < -0.4 is 0 Å². The maximum Gasteiger partial charge on any atom is 0.254 e. The summed E-state index contributed by atoms with van der Waals surface area (Å²) in [6, 6.07) is 9.44. The van der Waals surface area contributed by atoms with Crippen molar-refractivity contribution in [3.05, 3.63) is 35.9 Å². The Bertz CT molecular complexity index is 615. The van der Waals surface area contributed by atoms with Crippen molar-refractivity contribution in [1.82, 2.24) is 9.80 Å². The molecule has 6 nitrogen and oxygen atoms in total. The Balaban J connectivity index is 1.51. The lowest BCUT2D eigenvalue weighted by Crippen LogP contribution is -2.58. The van der Waals surface area contributed by atoms with E-state index in [1.807, 2.05) is 40.1 Å². The highest BCUT2D eigenvalue weighted by molar-refractivity contribution is 5.94. The molecule has 0 spiro atoms. The van der Waals surface area contributed by atoms with Crippen LogP contribution in [0.4, 0.5) is 0 Å². The Morgan fingerprint density at radius 1 is 1.08 bits per heavy atom. The van der Waals surface area contributed by atoms with Gasteiger partial charge in [-0.1, -0.05) is 18.2 Å². The molecule has 3 heterocycles. The molecule has 2 amide bonds. The zero-order valence-corrected chi connectivity index (χ0v) is 13.6. The van der Waals surface area contributed by atoms with Crippen LogP contribution in [0.15, 0.2) is 30.3 Å². The number of carbonyl (C=O) groups is 2. The van der Waals surface area contributed by atoms with E-state index in [0.29, 0.717) is 31.9 Å². The first kappa shape index (κ1) is 15.6. The summed E-state index contributed by atoms with van der Waals surface area (Å²) in [5.74, 6) is 0.0464. The third-order valence-electron chi connectivity index (χ3n) is 5.20. The number of fused-ring (bicyclic) bond motifs is 1. The predicted molar refractivity (Wildman–Crippen MR) is 86.6 cm³/mol. The van der Waals surface area contributed by atoms with Crippen molar-refractivity contribution >= 4 is 11.8 Å². The number of morpholine rings is 1. The number of rotatable bonds is 2. The molecule has 1 aromatic carbocycles. The summed E-state index contributed by atoms with van der Waals surface area (Å²) in [4.78, 5) is 28.9. The number of amides is 2. The van der Waals surface area contributed by atoms with Gasteiger partial charge in [-0.05, 0) is 25.0 Å². The molecule has 0 N–H and O–H groups in total. The molecule has 0 saturated carbocycles. The Morgan fingerprint density at radius 2 is 1.83 bits per heavy atom. The van der Waals surface area contributed by atoms with E-state index >= 15 is 0 Å². The number of carbonyl (C=O) groups excluding carboxylic acids is 2. The smallest absolute Gasteiger partial charge is 0.254 e. The van der Waals surface area contributed by atoms with Crippen molar-refractivity contribution < 1.29 is 19.1 Å². The fourth-order valence-electron chi connectivity index (χ4n) is 3.99. The van der Waals surface area contributed by atoms with E-state index in [1.54, 1.807) is 0 Å². The fourth-order valence-corrected chi connectivity index (χ4v) is 3.99. The van der Waals surface area contributed by atoms with Gasteiger partial charge in [0.15, 0.2) is 0 Å². The topological polar surface area (TPSA) is 59.1 Å². The van der Waals surface area contributed by atoms with Gasteiger partial charge in [0.2, 0.25) is 5.91 Å². The SMILES string of the molecule is O=C(c1ccccc1)N1C[C@@H]2OCC(=O)N(C3CCOCC3)[C@H]2C1. The first-order valence-corrected chi connectivity index (χ1v) is 8.59. The second-order valence-corrected chi connectivity index (χ2v) is 6.64. The summed E-state index contributed by atoms with van der Waals surface area (Å²) in [5.41, 5.74) is 0.681. The van der Waals surface area contributed by atoms with E-state index in [-0.39, 0.29) is 36.6 Å². The number of benzene rings is 1. The molecule has 0 radical (unpaired) electrons. The van der Waals surface area contributed by atoms with Gasteiger partial charge >= 0.3 is 0 Å².